The molecule has 0 fully saturated rings. The van der Waals surface area contributed by atoms with Crippen molar-refractivity contribution in [2.75, 3.05) is 6.54 Å². The van der Waals surface area contributed by atoms with Gasteiger partial charge < -0.3 is 9.73 Å². The Morgan fingerprint density at radius 3 is 2.89 bits per heavy atom. The number of nitrogens with one attached hydrogen (secondary N) is 1. The summed E-state index contributed by atoms with van der Waals surface area (Å²) in [5, 5.41) is 3.81. The van der Waals surface area contributed by atoms with Crippen LogP contribution in [0.3, 0.4) is 0 Å². The van der Waals surface area contributed by atoms with Gasteiger partial charge in [0.1, 0.15) is 5.82 Å². The molecule has 2 aromatic rings. The van der Waals surface area contributed by atoms with Crippen LogP contribution in [-0.4, -0.2) is 6.54 Å². The second kappa shape index (κ2) is 6.03. The van der Waals surface area contributed by atoms with Gasteiger partial charge in [-0.2, -0.15) is 0 Å². The molecule has 0 radical (unpaired) electrons. The summed E-state index contributed by atoms with van der Waals surface area (Å²) in [6, 6.07) is 6.40. The van der Waals surface area contributed by atoms with Crippen LogP contribution in [0.1, 0.15) is 24.1 Å². The van der Waals surface area contributed by atoms with E-state index in [0.717, 1.165) is 12.1 Å². The first-order valence-electron chi connectivity index (χ1n) is 5.90. The topological polar surface area (TPSA) is 25.2 Å². The van der Waals surface area contributed by atoms with Gasteiger partial charge in [-0.25, -0.2) is 4.39 Å². The lowest BCUT2D eigenvalue weighted by Gasteiger charge is -2.18. The summed E-state index contributed by atoms with van der Waals surface area (Å²) in [5.41, 5.74) is 1.62. The van der Waals surface area contributed by atoms with Crippen molar-refractivity contribution in [3.05, 3.63) is 58.8 Å². The van der Waals surface area contributed by atoms with Gasteiger partial charge >= 0.3 is 0 Å². The molecule has 1 N–H and O–H groups in total. The molecule has 0 amide bonds. The van der Waals surface area contributed by atoms with Crippen molar-refractivity contribution in [3.63, 3.8) is 0 Å². The minimum atomic E-state index is -0.242. The quantitative estimate of drug-likeness (QED) is 0.887. The summed E-state index contributed by atoms with van der Waals surface area (Å²) in [4.78, 5) is 0. The number of halogens is 2. The molecule has 0 saturated carbocycles. The Hall–Kier alpha value is -1.32. The van der Waals surface area contributed by atoms with E-state index in [-0.39, 0.29) is 11.9 Å². The SMILES string of the molecule is CCNC(Cc1ccoc1)c1cc(Cl)ccc1F. The number of hydrogen-bond donors (Lipinski definition) is 1. The highest BCUT2D eigenvalue weighted by Crippen LogP contribution is 2.24. The lowest BCUT2D eigenvalue weighted by atomic mass is 10.00. The molecule has 1 unspecified atom stereocenters. The molecule has 0 aliphatic heterocycles. The molecule has 4 heteroatoms. The molecule has 1 aromatic carbocycles. The maximum Gasteiger partial charge on any atom is 0.128 e. The van der Waals surface area contributed by atoms with Crippen molar-refractivity contribution in [2.24, 2.45) is 0 Å². The third-order valence-corrected chi connectivity index (χ3v) is 3.04. The molecule has 18 heavy (non-hydrogen) atoms. The molecule has 2 nitrogen and oxygen atoms in total. The van der Waals surface area contributed by atoms with Gasteiger partial charge in [0, 0.05) is 16.6 Å². The van der Waals surface area contributed by atoms with Crippen molar-refractivity contribution in [1.82, 2.24) is 5.32 Å². The van der Waals surface area contributed by atoms with Gasteiger partial charge in [0.15, 0.2) is 0 Å². The number of furan rings is 1. The Labute approximate surface area is 111 Å². The van der Waals surface area contributed by atoms with E-state index in [9.17, 15) is 4.39 Å². The van der Waals surface area contributed by atoms with Crippen LogP contribution in [0.5, 0.6) is 0 Å². The second-order valence-corrected chi connectivity index (χ2v) is 4.55. The van der Waals surface area contributed by atoms with E-state index in [4.69, 9.17) is 16.0 Å². The highest BCUT2D eigenvalue weighted by Gasteiger charge is 2.16. The molecular weight excluding hydrogens is 253 g/mol. The third-order valence-electron chi connectivity index (χ3n) is 2.80. The minimum Gasteiger partial charge on any atom is -0.472 e. The van der Waals surface area contributed by atoms with Crippen molar-refractivity contribution in [1.29, 1.82) is 0 Å². The molecule has 2 rings (SSSR count). The van der Waals surface area contributed by atoms with Crippen LogP contribution >= 0.6 is 11.6 Å². The fourth-order valence-corrected chi connectivity index (χ4v) is 2.15. The molecule has 0 aliphatic carbocycles. The normalized spacial score (nSPS) is 12.6. The van der Waals surface area contributed by atoms with Gasteiger partial charge in [-0.15, -0.1) is 0 Å². The van der Waals surface area contributed by atoms with Crippen LogP contribution in [0.25, 0.3) is 0 Å². The van der Waals surface area contributed by atoms with Crippen molar-refractivity contribution in [2.45, 2.75) is 19.4 Å². The Morgan fingerprint density at radius 2 is 2.22 bits per heavy atom. The number of likely N-dealkylation sites (N-methyl/N-ethyl adjacent to an activating group) is 1. The van der Waals surface area contributed by atoms with Gasteiger partial charge in [0.2, 0.25) is 0 Å². The molecule has 96 valence electrons. The van der Waals surface area contributed by atoms with Crippen LogP contribution < -0.4 is 5.32 Å². The van der Waals surface area contributed by atoms with E-state index in [0.29, 0.717) is 17.0 Å². The monoisotopic (exact) mass is 267 g/mol. The zero-order valence-corrected chi connectivity index (χ0v) is 10.9. The Morgan fingerprint density at radius 1 is 1.39 bits per heavy atom. The highest BCUT2D eigenvalue weighted by atomic mass is 35.5. The summed E-state index contributed by atoms with van der Waals surface area (Å²) in [5.74, 6) is -0.242. The average Bonchev–Trinajstić information content (AvgIpc) is 2.85. The summed E-state index contributed by atoms with van der Waals surface area (Å²) >= 11 is 5.93. The molecule has 1 aromatic heterocycles. The molecule has 1 heterocycles. The Bertz CT molecular complexity index is 499. The van der Waals surface area contributed by atoms with E-state index >= 15 is 0 Å². The first-order chi connectivity index (χ1) is 8.70. The first-order valence-corrected chi connectivity index (χ1v) is 6.28. The highest BCUT2D eigenvalue weighted by molar-refractivity contribution is 6.30. The van der Waals surface area contributed by atoms with Crippen LogP contribution in [0, 0.1) is 5.82 Å². The van der Waals surface area contributed by atoms with E-state index in [2.05, 4.69) is 5.32 Å². The summed E-state index contributed by atoms with van der Waals surface area (Å²) in [6.45, 7) is 2.75. The fourth-order valence-electron chi connectivity index (χ4n) is 1.96. The van der Waals surface area contributed by atoms with Gasteiger partial charge in [-0.05, 0) is 42.8 Å². The molecule has 0 saturated heterocycles. The zero-order chi connectivity index (χ0) is 13.0. The maximum absolute atomic E-state index is 13.8. The summed E-state index contributed by atoms with van der Waals surface area (Å²) in [6.07, 6.45) is 3.96. The van der Waals surface area contributed by atoms with Crippen LogP contribution in [0.4, 0.5) is 4.39 Å². The predicted molar refractivity (Wildman–Crippen MR) is 70.2 cm³/mol. The van der Waals surface area contributed by atoms with Gasteiger partial charge in [0.05, 0.1) is 12.5 Å². The number of benzene rings is 1. The molecule has 0 spiro atoms. The maximum atomic E-state index is 13.8. The second-order valence-electron chi connectivity index (χ2n) is 4.11. The first kappa shape index (κ1) is 13.1. The number of rotatable bonds is 5. The average molecular weight is 268 g/mol. The smallest absolute Gasteiger partial charge is 0.128 e. The van der Waals surface area contributed by atoms with Crippen molar-refractivity contribution in [3.8, 4) is 0 Å². The molecule has 1 atom stereocenters. The largest absolute Gasteiger partial charge is 0.472 e. The molecule has 0 bridgehead atoms. The minimum absolute atomic E-state index is 0.105. The summed E-state index contributed by atoms with van der Waals surface area (Å²) < 4.78 is 18.9. The zero-order valence-electron chi connectivity index (χ0n) is 10.1. The lowest BCUT2D eigenvalue weighted by Crippen LogP contribution is -2.23. The molecular formula is C14H15ClFNO. The van der Waals surface area contributed by atoms with E-state index in [1.807, 2.05) is 13.0 Å². The molecule has 0 aliphatic rings. The van der Waals surface area contributed by atoms with E-state index < -0.39 is 0 Å². The number of hydrogen-bond acceptors (Lipinski definition) is 2. The van der Waals surface area contributed by atoms with Crippen LogP contribution in [-0.2, 0) is 6.42 Å². The van der Waals surface area contributed by atoms with Crippen LogP contribution in [0.15, 0.2) is 41.2 Å². The van der Waals surface area contributed by atoms with Gasteiger partial charge in [0.25, 0.3) is 0 Å². The predicted octanol–water partition coefficient (Wildman–Crippen LogP) is 3.97. The van der Waals surface area contributed by atoms with Crippen LogP contribution in [0.2, 0.25) is 5.02 Å². The van der Waals surface area contributed by atoms with Crippen molar-refractivity contribution < 1.29 is 8.81 Å². The Balaban J connectivity index is 2.26. The van der Waals surface area contributed by atoms with Gasteiger partial charge in [-0.3, -0.25) is 0 Å². The van der Waals surface area contributed by atoms with E-state index in [1.54, 1.807) is 24.7 Å². The Kier molecular flexibility index (Phi) is 4.39. The summed E-state index contributed by atoms with van der Waals surface area (Å²) in [7, 11) is 0. The third kappa shape index (κ3) is 3.12. The van der Waals surface area contributed by atoms with E-state index in [1.165, 1.54) is 6.07 Å². The van der Waals surface area contributed by atoms with Gasteiger partial charge in [-0.1, -0.05) is 18.5 Å². The standard InChI is InChI=1S/C14H15ClFNO/c1-2-17-14(7-10-5-6-18-9-10)12-8-11(15)3-4-13(12)16/h3-6,8-9,14,17H,2,7H2,1H3. The lowest BCUT2D eigenvalue weighted by molar-refractivity contribution is 0.505. The fraction of sp³-hybridized carbons (Fsp3) is 0.286. The van der Waals surface area contributed by atoms with Crippen molar-refractivity contribution >= 4 is 11.6 Å².